The van der Waals surface area contributed by atoms with Crippen LogP contribution >= 0.6 is 11.8 Å². The van der Waals surface area contributed by atoms with Crippen molar-refractivity contribution in [1.29, 1.82) is 0 Å². The Morgan fingerprint density at radius 1 is 1.28 bits per heavy atom. The first-order valence-electron chi connectivity index (χ1n) is 5.68. The van der Waals surface area contributed by atoms with Crippen molar-refractivity contribution in [3.05, 3.63) is 29.6 Å². The first-order chi connectivity index (χ1) is 8.47. The van der Waals surface area contributed by atoms with E-state index in [-0.39, 0.29) is 11.7 Å². The van der Waals surface area contributed by atoms with Crippen LogP contribution < -0.4 is 5.32 Å². The maximum atomic E-state index is 13.5. The summed E-state index contributed by atoms with van der Waals surface area (Å²) in [5.74, 6) is 1.22. The van der Waals surface area contributed by atoms with Crippen molar-refractivity contribution in [1.82, 2.24) is 0 Å². The molecule has 0 spiro atoms. The molecule has 1 N–H and O–H groups in total. The summed E-state index contributed by atoms with van der Waals surface area (Å²) in [6.45, 7) is 0. The van der Waals surface area contributed by atoms with Crippen LogP contribution in [0, 0.1) is 5.82 Å². The molecule has 0 amide bonds. The number of thioether (sulfide) groups is 1. The lowest BCUT2D eigenvalue weighted by molar-refractivity contribution is -0.137. The van der Waals surface area contributed by atoms with Crippen LogP contribution in [-0.4, -0.2) is 17.5 Å². The Labute approximate surface area is 107 Å². The lowest BCUT2D eigenvalue weighted by atomic mass is 10.1. The van der Waals surface area contributed by atoms with E-state index >= 15 is 0 Å². The van der Waals surface area contributed by atoms with Gasteiger partial charge in [0.15, 0.2) is 0 Å². The minimum Gasteiger partial charge on any atom is -0.379 e. The van der Waals surface area contributed by atoms with Gasteiger partial charge in [0.2, 0.25) is 0 Å². The van der Waals surface area contributed by atoms with Crippen LogP contribution in [0.1, 0.15) is 18.4 Å². The van der Waals surface area contributed by atoms with Gasteiger partial charge in [-0.3, -0.25) is 0 Å². The Morgan fingerprint density at radius 3 is 2.67 bits per heavy atom. The molecule has 1 aromatic rings. The summed E-state index contributed by atoms with van der Waals surface area (Å²) >= 11 is 1.73. The van der Waals surface area contributed by atoms with Gasteiger partial charge >= 0.3 is 6.18 Å². The fourth-order valence-electron chi connectivity index (χ4n) is 1.89. The van der Waals surface area contributed by atoms with Gasteiger partial charge in [-0.15, -0.1) is 0 Å². The molecule has 0 aromatic heterocycles. The number of alkyl halides is 3. The molecule has 1 unspecified atom stereocenters. The highest BCUT2D eigenvalue weighted by Crippen LogP contribution is 2.32. The predicted molar refractivity (Wildman–Crippen MR) is 65.4 cm³/mol. The number of nitrogens with one attached hydrogen (secondary N) is 1. The molecule has 1 heterocycles. The molecule has 0 saturated carbocycles. The molecular weight excluding hydrogens is 266 g/mol. The molecule has 1 aliphatic heterocycles. The number of benzene rings is 1. The zero-order chi connectivity index (χ0) is 13.2. The van der Waals surface area contributed by atoms with Crippen LogP contribution in [0.25, 0.3) is 0 Å². The van der Waals surface area contributed by atoms with Crippen molar-refractivity contribution in [3.63, 3.8) is 0 Å². The van der Waals surface area contributed by atoms with E-state index in [1.54, 1.807) is 11.8 Å². The number of halogens is 4. The molecule has 6 heteroatoms. The third-order valence-corrected chi connectivity index (χ3v) is 4.03. The molecule has 1 fully saturated rings. The summed E-state index contributed by atoms with van der Waals surface area (Å²) in [7, 11) is 0. The van der Waals surface area contributed by atoms with E-state index in [1.165, 1.54) is 0 Å². The highest BCUT2D eigenvalue weighted by Gasteiger charge is 2.31. The van der Waals surface area contributed by atoms with Gasteiger partial charge in [0, 0.05) is 11.8 Å². The van der Waals surface area contributed by atoms with Gasteiger partial charge in [0.25, 0.3) is 0 Å². The van der Waals surface area contributed by atoms with Gasteiger partial charge < -0.3 is 5.32 Å². The Morgan fingerprint density at radius 2 is 2.06 bits per heavy atom. The summed E-state index contributed by atoms with van der Waals surface area (Å²) in [6.07, 6.45) is -2.57. The standard InChI is InChI=1S/C12H13F4NS/c13-10-4-3-8(12(14,15)16)6-11(10)17-9-2-1-5-18-7-9/h3-4,6,9,17H,1-2,5,7H2. The quantitative estimate of drug-likeness (QED) is 0.816. The molecule has 18 heavy (non-hydrogen) atoms. The molecule has 2 rings (SSSR count). The van der Waals surface area contributed by atoms with Gasteiger partial charge in [-0.05, 0) is 36.8 Å². The fraction of sp³-hybridized carbons (Fsp3) is 0.500. The van der Waals surface area contributed by atoms with E-state index in [2.05, 4.69) is 5.32 Å². The van der Waals surface area contributed by atoms with Crippen molar-refractivity contribution in [3.8, 4) is 0 Å². The number of anilines is 1. The van der Waals surface area contributed by atoms with Crippen molar-refractivity contribution in [2.75, 3.05) is 16.8 Å². The van der Waals surface area contributed by atoms with Crippen LogP contribution in [0.15, 0.2) is 18.2 Å². The van der Waals surface area contributed by atoms with Gasteiger partial charge in [0.1, 0.15) is 5.82 Å². The largest absolute Gasteiger partial charge is 0.416 e. The van der Waals surface area contributed by atoms with Crippen LogP contribution in [0.4, 0.5) is 23.2 Å². The maximum Gasteiger partial charge on any atom is 0.416 e. The Hall–Kier alpha value is -0.910. The molecule has 0 bridgehead atoms. The van der Waals surface area contributed by atoms with E-state index in [9.17, 15) is 17.6 Å². The molecule has 1 aromatic carbocycles. The minimum absolute atomic E-state index is 0.0433. The van der Waals surface area contributed by atoms with Crippen LogP contribution in [-0.2, 0) is 6.18 Å². The summed E-state index contributed by atoms with van der Waals surface area (Å²) in [4.78, 5) is 0. The molecule has 100 valence electrons. The highest BCUT2D eigenvalue weighted by molar-refractivity contribution is 7.99. The smallest absolute Gasteiger partial charge is 0.379 e. The topological polar surface area (TPSA) is 12.0 Å². The minimum atomic E-state index is -4.44. The van der Waals surface area contributed by atoms with Crippen molar-refractivity contribution < 1.29 is 17.6 Å². The number of hydrogen-bond acceptors (Lipinski definition) is 2. The zero-order valence-corrected chi connectivity index (χ0v) is 10.4. The molecule has 0 aliphatic carbocycles. The van der Waals surface area contributed by atoms with E-state index in [1.807, 2.05) is 0 Å². The third-order valence-electron chi connectivity index (χ3n) is 2.81. The summed E-state index contributed by atoms with van der Waals surface area (Å²) in [5.41, 5.74) is -0.882. The molecule has 1 atom stereocenters. The number of rotatable bonds is 2. The van der Waals surface area contributed by atoms with Gasteiger partial charge in [-0.2, -0.15) is 24.9 Å². The SMILES string of the molecule is Fc1ccc(C(F)(F)F)cc1NC1CCCSC1. The van der Waals surface area contributed by atoms with E-state index in [4.69, 9.17) is 0 Å². The first-order valence-corrected chi connectivity index (χ1v) is 6.83. The third kappa shape index (κ3) is 3.31. The predicted octanol–water partition coefficient (Wildman–Crippen LogP) is 4.15. The first kappa shape index (κ1) is 13.5. The molecular formula is C12H13F4NS. The number of hydrogen-bond donors (Lipinski definition) is 1. The summed E-state index contributed by atoms with van der Waals surface area (Å²) < 4.78 is 51.0. The maximum absolute atomic E-state index is 13.5. The summed E-state index contributed by atoms with van der Waals surface area (Å²) in [5, 5.41) is 2.87. The summed E-state index contributed by atoms with van der Waals surface area (Å²) in [6, 6.07) is 2.51. The fourth-order valence-corrected chi connectivity index (χ4v) is 2.96. The average molecular weight is 279 g/mol. The lowest BCUT2D eigenvalue weighted by Gasteiger charge is -2.24. The van der Waals surface area contributed by atoms with Crippen LogP contribution in [0.3, 0.4) is 0 Å². The van der Waals surface area contributed by atoms with Crippen LogP contribution in [0.5, 0.6) is 0 Å². The molecule has 0 radical (unpaired) electrons. The molecule has 1 saturated heterocycles. The zero-order valence-electron chi connectivity index (χ0n) is 9.56. The van der Waals surface area contributed by atoms with Crippen molar-refractivity contribution in [2.45, 2.75) is 25.1 Å². The van der Waals surface area contributed by atoms with Crippen molar-refractivity contribution in [2.24, 2.45) is 0 Å². The van der Waals surface area contributed by atoms with E-state index in [0.717, 1.165) is 42.5 Å². The second-order valence-electron chi connectivity index (χ2n) is 4.25. The van der Waals surface area contributed by atoms with Gasteiger partial charge in [-0.25, -0.2) is 4.39 Å². The van der Waals surface area contributed by atoms with Crippen molar-refractivity contribution >= 4 is 17.4 Å². The average Bonchev–Trinajstić information content (AvgIpc) is 2.32. The van der Waals surface area contributed by atoms with Crippen LogP contribution in [0.2, 0.25) is 0 Å². The molecule has 1 nitrogen and oxygen atoms in total. The van der Waals surface area contributed by atoms with E-state index in [0.29, 0.717) is 0 Å². The Bertz CT molecular complexity index is 413. The lowest BCUT2D eigenvalue weighted by Crippen LogP contribution is -2.26. The normalized spacial score (nSPS) is 20.8. The second kappa shape index (κ2) is 5.38. The highest BCUT2D eigenvalue weighted by atomic mass is 32.2. The Kier molecular flexibility index (Phi) is 4.04. The monoisotopic (exact) mass is 279 g/mol. The molecule has 1 aliphatic rings. The Balaban J connectivity index is 2.15. The second-order valence-corrected chi connectivity index (χ2v) is 5.40. The van der Waals surface area contributed by atoms with E-state index < -0.39 is 17.6 Å². The van der Waals surface area contributed by atoms with Gasteiger partial charge in [0.05, 0.1) is 11.3 Å². The van der Waals surface area contributed by atoms with Gasteiger partial charge in [-0.1, -0.05) is 0 Å².